The molecule has 3 rings (SSSR count). The normalized spacial score (nSPS) is 13.8. The lowest BCUT2D eigenvalue weighted by Crippen LogP contribution is -2.14. The number of aromatic nitrogens is 1. The minimum atomic E-state index is -2.07. The van der Waals surface area contributed by atoms with Crippen LogP contribution in [0.2, 0.25) is 0 Å². The predicted molar refractivity (Wildman–Crippen MR) is 91.3 cm³/mol. The van der Waals surface area contributed by atoms with Crippen molar-refractivity contribution in [3.8, 4) is 5.75 Å². The fourth-order valence-corrected chi connectivity index (χ4v) is 2.56. The third-order valence-electron chi connectivity index (χ3n) is 3.70. The predicted octanol–water partition coefficient (Wildman–Crippen LogP) is 3.85. The van der Waals surface area contributed by atoms with Crippen LogP contribution in [0.25, 0.3) is 10.9 Å². The van der Waals surface area contributed by atoms with Crippen molar-refractivity contribution in [2.24, 2.45) is 0 Å². The molecule has 3 nitrogen and oxygen atoms in total. The van der Waals surface area contributed by atoms with Crippen LogP contribution in [0.1, 0.15) is 15.2 Å². The molecule has 0 aliphatic rings. The van der Waals surface area contributed by atoms with Crippen LogP contribution >= 0.6 is 0 Å². The molecule has 0 spiro atoms. The standard InChI is InChI=1S/C19H22N2O/c1-21(2)12-11-16-13-20-17-9-6-10-18(19(16)17)22-14-15-7-4-3-5-8-15/h3-10,13,20H,11-12,14H2,1-2H3/i1D3. The average molecular weight is 297 g/mol. The lowest BCUT2D eigenvalue weighted by Gasteiger charge is -2.11. The molecule has 1 aromatic heterocycles. The monoisotopic (exact) mass is 297 g/mol. The van der Waals surface area contributed by atoms with E-state index in [0.717, 1.165) is 27.8 Å². The molecule has 1 heterocycles. The Hall–Kier alpha value is -2.26. The van der Waals surface area contributed by atoms with Crippen molar-refractivity contribution >= 4 is 10.9 Å². The van der Waals surface area contributed by atoms with Crippen LogP contribution in [0.15, 0.2) is 54.7 Å². The van der Waals surface area contributed by atoms with Gasteiger partial charge in [-0.1, -0.05) is 36.4 Å². The molecule has 0 fully saturated rings. The lowest BCUT2D eigenvalue weighted by atomic mass is 10.1. The Balaban J connectivity index is 1.78. The summed E-state index contributed by atoms with van der Waals surface area (Å²) < 4.78 is 28.4. The molecule has 0 bridgehead atoms. The Morgan fingerprint density at radius 2 is 2.00 bits per heavy atom. The molecule has 0 saturated carbocycles. The molecule has 114 valence electrons. The van der Waals surface area contributed by atoms with Crippen molar-refractivity contribution in [2.45, 2.75) is 13.0 Å². The third kappa shape index (κ3) is 3.31. The number of aromatic amines is 1. The van der Waals surface area contributed by atoms with Gasteiger partial charge < -0.3 is 14.6 Å². The van der Waals surface area contributed by atoms with Gasteiger partial charge in [0.25, 0.3) is 0 Å². The average Bonchev–Trinajstić information content (AvgIpc) is 3.01. The molecular weight excluding hydrogens is 272 g/mol. The molecule has 0 radical (unpaired) electrons. The summed E-state index contributed by atoms with van der Waals surface area (Å²) in [7, 11) is 1.62. The van der Waals surface area contributed by atoms with Crippen LogP contribution in [0, 0.1) is 0 Å². The zero-order valence-corrected chi connectivity index (χ0v) is 12.7. The first-order valence-corrected chi connectivity index (χ1v) is 7.42. The van der Waals surface area contributed by atoms with Gasteiger partial charge in [0.05, 0.1) is 0 Å². The van der Waals surface area contributed by atoms with Gasteiger partial charge >= 0.3 is 0 Å². The summed E-state index contributed by atoms with van der Waals surface area (Å²) in [6.45, 7) is -1.12. The topological polar surface area (TPSA) is 28.3 Å². The molecule has 0 aliphatic carbocycles. The first kappa shape index (κ1) is 11.3. The minimum absolute atomic E-state index is 0.455. The number of likely N-dealkylation sites (N-methyl/N-ethyl adjacent to an activating group) is 1. The number of nitrogens with one attached hydrogen (secondary N) is 1. The number of fused-ring (bicyclic) bond motifs is 1. The largest absolute Gasteiger partial charge is 0.488 e. The van der Waals surface area contributed by atoms with E-state index in [1.807, 2.05) is 54.7 Å². The van der Waals surface area contributed by atoms with E-state index in [0.29, 0.717) is 19.6 Å². The first-order chi connectivity index (χ1) is 11.9. The Morgan fingerprint density at radius 1 is 1.14 bits per heavy atom. The Morgan fingerprint density at radius 3 is 2.82 bits per heavy atom. The molecule has 2 aromatic carbocycles. The van der Waals surface area contributed by atoms with E-state index in [4.69, 9.17) is 8.85 Å². The molecule has 22 heavy (non-hydrogen) atoms. The van der Waals surface area contributed by atoms with E-state index in [-0.39, 0.29) is 0 Å². The minimum Gasteiger partial charge on any atom is -0.488 e. The van der Waals surface area contributed by atoms with Crippen LogP contribution in [0.5, 0.6) is 5.75 Å². The van der Waals surface area contributed by atoms with Crippen LogP contribution in [0.4, 0.5) is 0 Å². The van der Waals surface area contributed by atoms with Gasteiger partial charge in [0.2, 0.25) is 0 Å². The number of ether oxygens (including phenoxy) is 1. The summed E-state index contributed by atoms with van der Waals surface area (Å²) in [4.78, 5) is 4.64. The first-order valence-electron chi connectivity index (χ1n) is 8.92. The van der Waals surface area contributed by atoms with E-state index in [1.165, 1.54) is 4.90 Å². The fourth-order valence-electron chi connectivity index (χ4n) is 2.56. The number of benzene rings is 2. The molecule has 0 aliphatic heterocycles. The number of rotatable bonds is 6. The van der Waals surface area contributed by atoms with E-state index >= 15 is 0 Å². The van der Waals surface area contributed by atoms with Crippen molar-refractivity contribution in [2.75, 3.05) is 20.6 Å². The SMILES string of the molecule is [2H]C([2H])([2H])N(C)CCc1c[nH]c2cccc(OCc3ccccc3)c12. The summed E-state index contributed by atoms with van der Waals surface area (Å²) in [5.41, 5.74) is 3.17. The Labute approximate surface area is 135 Å². The summed E-state index contributed by atoms with van der Waals surface area (Å²) in [5, 5.41) is 1.03. The van der Waals surface area contributed by atoms with Gasteiger partial charge in [-0.15, -0.1) is 0 Å². The van der Waals surface area contributed by atoms with Gasteiger partial charge in [0.1, 0.15) is 12.4 Å². The third-order valence-corrected chi connectivity index (χ3v) is 3.70. The molecule has 0 unspecified atom stereocenters. The van der Waals surface area contributed by atoms with Crippen molar-refractivity contribution in [1.29, 1.82) is 0 Å². The second kappa shape index (κ2) is 6.67. The van der Waals surface area contributed by atoms with E-state index in [9.17, 15) is 0 Å². The second-order valence-corrected chi connectivity index (χ2v) is 5.44. The maximum Gasteiger partial charge on any atom is 0.129 e. The summed E-state index contributed by atoms with van der Waals surface area (Å²) in [6.07, 6.45) is 2.58. The van der Waals surface area contributed by atoms with Crippen molar-refractivity contribution in [1.82, 2.24) is 9.88 Å². The smallest absolute Gasteiger partial charge is 0.129 e. The van der Waals surface area contributed by atoms with Gasteiger partial charge in [-0.2, -0.15) is 0 Å². The number of nitrogens with zero attached hydrogens (tertiary/aromatic N) is 1. The van der Waals surface area contributed by atoms with E-state index in [1.54, 1.807) is 7.05 Å². The summed E-state index contributed by atoms with van der Waals surface area (Å²) >= 11 is 0. The maximum absolute atomic E-state index is 7.46. The highest BCUT2D eigenvalue weighted by Gasteiger charge is 2.10. The molecular formula is C19H22N2O. The number of hydrogen-bond donors (Lipinski definition) is 1. The Bertz CT molecular complexity index is 828. The van der Waals surface area contributed by atoms with E-state index in [2.05, 4.69) is 4.98 Å². The zero-order chi connectivity index (χ0) is 17.9. The van der Waals surface area contributed by atoms with Crippen LogP contribution in [-0.2, 0) is 13.0 Å². The van der Waals surface area contributed by atoms with Crippen molar-refractivity contribution < 1.29 is 8.85 Å². The summed E-state index contributed by atoms with van der Waals surface area (Å²) in [5.74, 6) is 0.814. The molecule has 3 aromatic rings. The van der Waals surface area contributed by atoms with Crippen LogP contribution in [-0.4, -0.2) is 30.5 Å². The lowest BCUT2D eigenvalue weighted by molar-refractivity contribution is 0.310. The quantitative estimate of drug-likeness (QED) is 0.748. The molecule has 0 saturated heterocycles. The highest BCUT2D eigenvalue weighted by atomic mass is 16.5. The van der Waals surface area contributed by atoms with Gasteiger partial charge in [-0.25, -0.2) is 0 Å². The van der Waals surface area contributed by atoms with Crippen molar-refractivity contribution in [3.63, 3.8) is 0 Å². The van der Waals surface area contributed by atoms with E-state index < -0.39 is 6.98 Å². The molecule has 3 heteroatoms. The highest BCUT2D eigenvalue weighted by molar-refractivity contribution is 5.89. The highest BCUT2D eigenvalue weighted by Crippen LogP contribution is 2.29. The maximum atomic E-state index is 7.46. The Kier molecular flexibility index (Phi) is 3.43. The summed E-state index contributed by atoms with van der Waals surface area (Å²) in [6, 6.07) is 15.9. The fraction of sp³-hybridized carbons (Fsp3) is 0.263. The number of H-pyrrole nitrogens is 1. The molecule has 0 amide bonds. The number of hydrogen-bond acceptors (Lipinski definition) is 2. The van der Waals surface area contributed by atoms with Gasteiger partial charge in [0.15, 0.2) is 0 Å². The van der Waals surface area contributed by atoms with Gasteiger partial charge in [-0.05, 0) is 43.7 Å². The van der Waals surface area contributed by atoms with Gasteiger partial charge in [0, 0.05) is 27.8 Å². The van der Waals surface area contributed by atoms with Crippen molar-refractivity contribution in [3.05, 3.63) is 65.9 Å². The second-order valence-electron chi connectivity index (χ2n) is 5.44. The molecule has 0 atom stereocenters. The van der Waals surface area contributed by atoms with Crippen LogP contribution < -0.4 is 4.74 Å². The van der Waals surface area contributed by atoms with Crippen LogP contribution in [0.3, 0.4) is 0 Å². The molecule has 1 N–H and O–H groups in total. The zero-order valence-electron chi connectivity index (χ0n) is 15.7. The van der Waals surface area contributed by atoms with Gasteiger partial charge in [-0.3, -0.25) is 0 Å².